The summed E-state index contributed by atoms with van der Waals surface area (Å²) in [6.45, 7) is 2.43. The van der Waals surface area contributed by atoms with Gasteiger partial charge in [0.15, 0.2) is 5.12 Å². The highest BCUT2D eigenvalue weighted by Gasteiger charge is 2.33. The number of methoxy groups -OCH3 is 1. The molecule has 1 aliphatic rings. The zero-order chi connectivity index (χ0) is 13.1. The van der Waals surface area contributed by atoms with E-state index in [9.17, 15) is 9.59 Å². The molecule has 8 heteroatoms. The molecule has 1 amide bonds. The van der Waals surface area contributed by atoms with E-state index in [1.807, 2.05) is 0 Å². The van der Waals surface area contributed by atoms with E-state index in [1.54, 1.807) is 12.0 Å². The van der Waals surface area contributed by atoms with Crippen LogP contribution in [0.25, 0.3) is 0 Å². The summed E-state index contributed by atoms with van der Waals surface area (Å²) in [5.41, 5.74) is 0. The molecule has 0 saturated carbocycles. The molecule has 1 atom stereocenters. The molecule has 1 aromatic heterocycles. The predicted octanol–water partition coefficient (Wildman–Crippen LogP) is 1.07. The average Bonchev–Trinajstić information content (AvgIpc) is 2.85. The lowest BCUT2D eigenvalue weighted by Crippen LogP contribution is -2.24. The van der Waals surface area contributed by atoms with Gasteiger partial charge in [0, 0.05) is 32.2 Å². The maximum absolute atomic E-state index is 11.8. The van der Waals surface area contributed by atoms with Crippen LogP contribution in [-0.2, 0) is 20.9 Å². The molecule has 0 N–H and O–H groups in total. The van der Waals surface area contributed by atoms with Crippen LogP contribution >= 0.6 is 23.1 Å². The number of carbonyl (C=O) groups is 2. The molecule has 1 saturated heterocycles. The summed E-state index contributed by atoms with van der Waals surface area (Å²) in [4.78, 5) is 24.5. The van der Waals surface area contributed by atoms with Crippen molar-refractivity contribution in [1.82, 2.24) is 10.2 Å². The van der Waals surface area contributed by atoms with Gasteiger partial charge in [-0.05, 0) is 0 Å². The minimum atomic E-state index is -0.00568. The summed E-state index contributed by atoms with van der Waals surface area (Å²) in [5.74, 6) is -0.00568. The summed E-state index contributed by atoms with van der Waals surface area (Å²) in [6, 6.07) is 0. The fourth-order valence-electron chi connectivity index (χ4n) is 1.71. The quantitative estimate of drug-likeness (QED) is 0.825. The molecule has 1 fully saturated rings. The van der Waals surface area contributed by atoms with E-state index in [1.165, 1.54) is 30.0 Å². The van der Waals surface area contributed by atoms with Crippen LogP contribution in [0.3, 0.4) is 0 Å². The lowest BCUT2D eigenvalue weighted by molar-refractivity contribution is -0.117. The van der Waals surface area contributed by atoms with Crippen molar-refractivity contribution in [3.05, 3.63) is 5.01 Å². The Hall–Kier alpha value is -0.990. The Bertz CT molecular complexity index is 463. The molecule has 1 unspecified atom stereocenters. The van der Waals surface area contributed by atoms with Crippen LogP contribution in [0.2, 0.25) is 0 Å². The Morgan fingerprint density at radius 3 is 3.06 bits per heavy atom. The van der Waals surface area contributed by atoms with Gasteiger partial charge in [0.25, 0.3) is 0 Å². The van der Waals surface area contributed by atoms with E-state index in [2.05, 4.69) is 10.2 Å². The fraction of sp³-hybridized carbons (Fsp3) is 0.600. The van der Waals surface area contributed by atoms with Crippen LogP contribution in [0.5, 0.6) is 0 Å². The van der Waals surface area contributed by atoms with Crippen molar-refractivity contribution in [2.24, 2.45) is 0 Å². The Labute approximate surface area is 113 Å². The van der Waals surface area contributed by atoms with E-state index in [0.717, 1.165) is 5.01 Å². The zero-order valence-electron chi connectivity index (χ0n) is 10.1. The minimum absolute atomic E-state index is 0.00568. The fourth-order valence-corrected chi connectivity index (χ4v) is 3.47. The standard InChI is InChI=1S/C10H13N3O3S2/c1-6(14)17-7-3-9(15)13(4-7)10-12-11-8(18-10)5-16-2/h7H,3-5H2,1-2H3. The predicted molar refractivity (Wildman–Crippen MR) is 69.7 cm³/mol. The summed E-state index contributed by atoms with van der Waals surface area (Å²) in [5, 5.41) is 9.30. The first-order valence-electron chi connectivity index (χ1n) is 5.39. The number of amides is 1. The Morgan fingerprint density at radius 1 is 1.61 bits per heavy atom. The molecule has 2 heterocycles. The second kappa shape index (κ2) is 5.77. The number of nitrogens with zero attached hydrogens (tertiary/aromatic N) is 3. The van der Waals surface area contributed by atoms with Gasteiger partial charge < -0.3 is 4.74 Å². The molecule has 0 spiro atoms. The van der Waals surface area contributed by atoms with Gasteiger partial charge in [0.1, 0.15) is 11.6 Å². The Kier molecular flexibility index (Phi) is 4.31. The van der Waals surface area contributed by atoms with E-state index in [-0.39, 0.29) is 16.3 Å². The normalized spacial score (nSPS) is 19.6. The molecule has 1 aromatic rings. The van der Waals surface area contributed by atoms with Crippen molar-refractivity contribution < 1.29 is 14.3 Å². The SMILES string of the molecule is COCc1nnc(N2CC(SC(C)=O)CC2=O)s1. The first-order chi connectivity index (χ1) is 8.60. The van der Waals surface area contributed by atoms with Crippen molar-refractivity contribution in [2.75, 3.05) is 18.6 Å². The lowest BCUT2D eigenvalue weighted by Gasteiger charge is -2.11. The van der Waals surface area contributed by atoms with Crippen LogP contribution in [0.1, 0.15) is 18.4 Å². The molecular formula is C10H13N3O3S2. The second-order valence-corrected chi connectivity index (χ2v) is 6.37. The van der Waals surface area contributed by atoms with Crippen LogP contribution in [0.15, 0.2) is 0 Å². The first-order valence-corrected chi connectivity index (χ1v) is 7.08. The average molecular weight is 287 g/mol. The molecule has 0 aliphatic carbocycles. The molecule has 1 aliphatic heterocycles. The third-order valence-electron chi connectivity index (χ3n) is 2.38. The van der Waals surface area contributed by atoms with Gasteiger partial charge in [0.2, 0.25) is 11.0 Å². The maximum atomic E-state index is 11.8. The smallest absolute Gasteiger partial charge is 0.230 e. The third kappa shape index (κ3) is 3.06. The van der Waals surface area contributed by atoms with Gasteiger partial charge in [-0.2, -0.15) is 0 Å². The van der Waals surface area contributed by atoms with E-state index in [0.29, 0.717) is 24.7 Å². The number of hydrogen-bond donors (Lipinski definition) is 0. The monoisotopic (exact) mass is 287 g/mol. The Balaban J connectivity index is 2.04. The molecule has 18 heavy (non-hydrogen) atoms. The lowest BCUT2D eigenvalue weighted by atomic mass is 10.4. The van der Waals surface area contributed by atoms with E-state index in [4.69, 9.17) is 4.74 Å². The number of thioether (sulfide) groups is 1. The van der Waals surface area contributed by atoms with Crippen LogP contribution < -0.4 is 4.90 Å². The molecule has 6 nitrogen and oxygen atoms in total. The number of rotatable bonds is 4. The summed E-state index contributed by atoms with van der Waals surface area (Å²) < 4.78 is 4.96. The van der Waals surface area contributed by atoms with Crippen molar-refractivity contribution in [3.63, 3.8) is 0 Å². The van der Waals surface area contributed by atoms with Gasteiger partial charge in [-0.15, -0.1) is 10.2 Å². The number of aromatic nitrogens is 2. The van der Waals surface area contributed by atoms with Crippen LogP contribution in [-0.4, -0.2) is 40.1 Å². The number of hydrogen-bond acceptors (Lipinski definition) is 7. The molecule has 0 radical (unpaired) electrons. The van der Waals surface area contributed by atoms with Crippen molar-refractivity contribution in [1.29, 1.82) is 0 Å². The van der Waals surface area contributed by atoms with Crippen molar-refractivity contribution >= 4 is 39.3 Å². The number of carbonyl (C=O) groups excluding carboxylic acids is 2. The number of ether oxygens (including phenoxy) is 1. The second-order valence-electron chi connectivity index (χ2n) is 3.85. The van der Waals surface area contributed by atoms with Crippen molar-refractivity contribution in [3.8, 4) is 0 Å². The summed E-state index contributed by atoms with van der Waals surface area (Å²) in [6.07, 6.45) is 0.378. The topological polar surface area (TPSA) is 72.4 Å². The van der Waals surface area contributed by atoms with Gasteiger partial charge >= 0.3 is 0 Å². The zero-order valence-corrected chi connectivity index (χ0v) is 11.7. The summed E-state index contributed by atoms with van der Waals surface area (Å²) >= 11 is 2.55. The van der Waals surface area contributed by atoms with Crippen LogP contribution in [0.4, 0.5) is 5.13 Å². The maximum Gasteiger partial charge on any atom is 0.230 e. The highest BCUT2D eigenvalue weighted by atomic mass is 32.2. The Morgan fingerprint density at radius 2 is 2.39 bits per heavy atom. The molecule has 0 bridgehead atoms. The molecule has 2 rings (SSSR count). The third-order valence-corrected chi connectivity index (χ3v) is 4.28. The number of anilines is 1. The van der Waals surface area contributed by atoms with Gasteiger partial charge in [-0.3, -0.25) is 14.5 Å². The van der Waals surface area contributed by atoms with Crippen LogP contribution in [0, 0.1) is 0 Å². The van der Waals surface area contributed by atoms with E-state index < -0.39 is 0 Å². The summed E-state index contributed by atoms with van der Waals surface area (Å²) in [7, 11) is 1.58. The van der Waals surface area contributed by atoms with Gasteiger partial charge in [0.05, 0.1) is 0 Å². The largest absolute Gasteiger partial charge is 0.377 e. The van der Waals surface area contributed by atoms with Gasteiger partial charge in [-0.1, -0.05) is 23.1 Å². The molecular weight excluding hydrogens is 274 g/mol. The highest BCUT2D eigenvalue weighted by molar-refractivity contribution is 8.14. The first kappa shape index (κ1) is 13.4. The highest BCUT2D eigenvalue weighted by Crippen LogP contribution is 2.30. The van der Waals surface area contributed by atoms with Crippen molar-refractivity contribution in [2.45, 2.75) is 25.2 Å². The molecule has 98 valence electrons. The van der Waals surface area contributed by atoms with E-state index >= 15 is 0 Å². The molecule has 0 aromatic carbocycles. The minimum Gasteiger partial charge on any atom is -0.377 e. The van der Waals surface area contributed by atoms with Gasteiger partial charge in [-0.25, -0.2) is 0 Å².